The van der Waals surface area contributed by atoms with E-state index in [1.165, 1.54) is 33.4 Å². The molecule has 0 saturated heterocycles. The first-order valence-corrected chi connectivity index (χ1v) is 14.0. The van der Waals surface area contributed by atoms with Gasteiger partial charge in [0.1, 0.15) is 0 Å². The fraction of sp³-hybridized carbons (Fsp3) is 0.138. The third kappa shape index (κ3) is 4.73. The smallest absolute Gasteiger partial charge is 0.0991 e. The molecular weight excluding hydrogens is 602 g/mol. The van der Waals surface area contributed by atoms with Crippen molar-refractivity contribution in [2.75, 3.05) is 0 Å². The number of hydrogen-bond acceptors (Lipinski definition) is 1. The van der Waals surface area contributed by atoms with Crippen molar-refractivity contribution < 1.29 is 0 Å². The standard InChI is InChI=1S/C29H22Br3N/c30-17-21-1-9-25(10-2-21)29(26-11-3-22(18-31)4-12-26,27-13-5-23(19-32)6-14-27)28-15-7-24(20-33)8-16-28/h1-16H,17-19H2. The first-order valence-electron chi connectivity index (χ1n) is 10.6. The van der Waals surface area contributed by atoms with E-state index in [2.05, 4.69) is 139 Å². The molecule has 0 radical (unpaired) electrons. The van der Waals surface area contributed by atoms with Gasteiger partial charge < -0.3 is 0 Å². The van der Waals surface area contributed by atoms with Crippen molar-refractivity contribution in [2.24, 2.45) is 0 Å². The summed E-state index contributed by atoms with van der Waals surface area (Å²) in [5, 5.41) is 11.8. The monoisotopic (exact) mass is 621 g/mol. The summed E-state index contributed by atoms with van der Waals surface area (Å²) >= 11 is 10.7. The Kier molecular flexibility index (Phi) is 7.86. The zero-order valence-corrected chi connectivity index (χ0v) is 22.7. The van der Waals surface area contributed by atoms with Gasteiger partial charge in [-0.05, 0) is 51.1 Å². The quantitative estimate of drug-likeness (QED) is 0.149. The van der Waals surface area contributed by atoms with Gasteiger partial charge in [-0.3, -0.25) is 0 Å². The van der Waals surface area contributed by atoms with Crippen LogP contribution in [0.15, 0.2) is 97.1 Å². The van der Waals surface area contributed by atoms with Gasteiger partial charge in [0.25, 0.3) is 0 Å². The SMILES string of the molecule is N#Cc1ccc(C(c2ccc(CBr)cc2)(c2ccc(CBr)cc2)c2ccc(CBr)cc2)cc1. The molecule has 4 rings (SSSR count). The Morgan fingerprint density at radius 3 is 1.00 bits per heavy atom. The van der Waals surface area contributed by atoms with Gasteiger partial charge in [-0.2, -0.15) is 5.26 Å². The molecule has 0 atom stereocenters. The Morgan fingerprint density at radius 2 is 0.758 bits per heavy atom. The fourth-order valence-electron chi connectivity index (χ4n) is 4.33. The van der Waals surface area contributed by atoms with Crippen LogP contribution in [0.1, 0.15) is 44.5 Å². The van der Waals surface area contributed by atoms with Crippen molar-refractivity contribution in [2.45, 2.75) is 21.4 Å². The van der Waals surface area contributed by atoms with Crippen molar-refractivity contribution in [3.05, 3.63) is 142 Å². The van der Waals surface area contributed by atoms with Crippen molar-refractivity contribution in [3.8, 4) is 6.07 Å². The molecule has 0 aliphatic heterocycles. The first-order chi connectivity index (χ1) is 16.1. The second-order valence-corrected chi connectivity index (χ2v) is 9.61. The maximum atomic E-state index is 9.39. The van der Waals surface area contributed by atoms with Crippen LogP contribution in [0.4, 0.5) is 0 Å². The van der Waals surface area contributed by atoms with Gasteiger partial charge in [0.15, 0.2) is 0 Å². The molecule has 0 spiro atoms. The van der Waals surface area contributed by atoms with E-state index in [0.717, 1.165) is 21.6 Å². The lowest BCUT2D eigenvalue weighted by molar-refractivity contribution is 0.743. The highest BCUT2D eigenvalue weighted by Gasteiger charge is 2.38. The normalized spacial score (nSPS) is 11.2. The minimum Gasteiger partial charge on any atom is -0.192 e. The molecule has 33 heavy (non-hydrogen) atoms. The highest BCUT2D eigenvalue weighted by atomic mass is 79.9. The van der Waals surface area contributed by atoms with E-state index in [0.29, 0.717) is 5.56 Å². The topological polar surface area (TPSA) is 23.8 Å². The van der Waals surface area contributed by atoms with Crippen LogP contribution in [0.3, 0.4) is 0 Å². The van der Waals surface area contributed by atoms with Gasteiger partial charge in [-0.1, -0.05) is 133 Å². The summed E-state index contributed by atoms with van der Waals surface area (Å²) in [7, 11) is 0. The number of hydrogen-bond donors (Lipinski definition) is 0. The lowest BCUT2D eigenvalue weighted by atomic mass is 9.65. The van der Waals surface area contributed by atoms with Gasteiger partial charge in [-0.15, -0.1) is 0 Å². The molecule has 0 bridgehead atoms. The maximum absolute atomic E-state index is 9.39. The minimum absolute atomic E-state index is 0.519. The number of rotatable bonds is 7. The summed E-state index contributed by atoms with van der Waals surface area (Å²) in [5.74, 6) is 0. The highest BCUT2D eigenvalue weighted by molar-refractivity contribution is 9.09. The van der Waals surface area contributed by atoms with Crippen molar-refractivity contribution in [1.82, 2.24) is 0 Å². The van der Waals surface area contributed by atoms with Crippen LogP contribution in [0.25, 0.3) is 0 Å². The molecule has 4 aromatic carbocycles. The lowest BCUT2D eigenvalue weighted by Crippen LogP contribution is -2.31. The van der Waals surface area contributed by atoms with Crippen LogP contribution in [-0.2, 0) is 21.4 Å². The molecule has 0 saturated carbocycles. The van der Waals surface area contributed by atoms with E-state index >= 15 is 0 Å². The third-order valence-corrected chi connectivity index (χ3v) is 8.01. The Morgan fingerprint density at radius 1 is 0.485 bits per heavy atom. The lowest BCUT2D eigenvalue weighted by Gasteiger charge is -2.37. The summed E-state index contributed by atoms with van der Waals surface area (Å²) in [6.45, 7) is 0. The van der Waals surface area contributed by atoms with Crippen LogP contribution in [-0.4, -0.2) is 0 Å². The summed E-state index contributed by atoms with van der Waals surface area (Å²) in [6.07, 6.45) is 0. The molecular formula is C29H22Br3N. The Balaban J connectivity index is 2.07. The molecule has 0 fully saturated rings. The van der Waals surface area contributed by atoms with Gasteiger partial charge in [0.2, 0.25) is 0 Å². The molecule has 0 aliphatic rings. The first kappa shape index (κ1) is 24.0. The Labute approximate surface area is 220 Å². The average molecular weight is 624 g/mol. The largest absolute Gasteiger partial charge is 0.192 e. The van der Waals surface area contributed by atoms with Crippen molar-refractivity contribution in [3.63, 3.8) is 0 Å². The van der Waals surface area contributed by atoms with Crippen LogP contribution in [0.5, 0.6) is 0 Å². The number of halogens is 3. The van der Waals surface area contributed by atoms with E-state index in [9.17, 15) is 5.26 Å². The molecule has 0 aliphatic carbocycles. The average Bonchev–Trinajstić information content (AvgIpc) is 2.90. The minimum atomic E-state index is -0.519. The number of nitriles is 1. The van der Waals surface area contributed by atoms with Gasteiger partial charge in [-0.25, -0.2) is 0 Å². The zero-order chi connectivity index (χ0) is 23.3. The van der Waals surface area contributed by atoms with Crippen LogP contribution >= 0.6 is 47.8 Å². The summed E-state index contributed by atoms with van der Waals surface area (Å²) in [4.78, 5) is 0. The molecule has 4 aromatic rings. The number of benzene rings is 4. The van der Waals surface area contributed by atoms with Crippen molar-refractivity contribution >= 4 is 47.8 Å². The predicted molar refractivity (Wildman–Crippen MR) is 147 cm³/mol. The van der Waals surface area contributed by atoms with E-state index in [-0.39, 0.29) is 0 Å². The van der Waals surface area contributed by atoms with E-state index in [1.807, 2.05) is 12.1 Å². The van der Waals surface area contributed by atoms with E-state index in [1.54, 1.807) is 0 Å². The number of alkyl halides is 3. The van der Waals surface area contributed by atoms with Crippen LogP contribution < -0.4 is 0 Å². The highest BCUT2D eigenvalue weighted by Crippen LogP contribution is 2.45. The molecule has 4 heteroatoms. The molecule has 0 aromatic heterocycles. The maximum Gasteiger partial charge on any atom is 0.0991 e. The number of nitrogens with zero attached hydrogens (tertiary/aromatic N) is 1. The van der Waals surface area contributed by atoms with E-state index in [4.69, 9.17) is 0 Å². The van der Waals surface area contributed by atoms with E-state index < -0.39 is 5.41 Å². The molecule has 164 valence electrons. The second-order valence-electron chi connectivity index (χ2n) is 7.93. The van der Waals surface area contributed by atoms with Gasteiger partial charge in [0, 0.05) is 16.0 Å². The van der Waals surface area contributed by atoms with Crippen molar-refractivity contribution in [1.29, 1.82) is 5.26 Å². The molecule has 0 heterocycles. The summed E-state index contributed by atoms with van der Waals surface area (Å²) in [5.41, 5.74) is 8.54. The van der Waals surface area contributed by atoms with Crippen LogP contribution in [0.2, 0.25) is 0 Å². The zero-order valence-electron chi connectivity index (χ0n) is 17.9. The molecule has 0 N–H and O–H groups in total. The second kappa shape index (κ2) is 10.8. The summed E-state index contributed by atoms with van der Waals surface area (Å²) in [6, 6.07) is 36.7. The third-order valence-electron chi connectivity index (χ3n) is 6.07. The molecule has 0 unspecified atom stereocenters. The molecule has 1 nitrogen and oxygen atoms in total. The summed E-state index contributed by atoms with van der Waals surface area (Å²) < 4.78 is 0. The Hall–Kier alpha value is -2.19. The molecule has 0 amide bonds. The fourth-order valence-corrected chi connectivity index (χ4v) is 5.45. The Bertz CT molecular complexity index is 1120. The predicted octanol–water partition coefficient (Wildman–Crippen LogP) is 8.63. The van der Waals surface area contributed by atoms with Gasteiger partial charge in [0.05, 0.1) is 17.0 Å². The van der Waals surface area contributed by atoms with Crippen LogP contribution in [0, 0.1) is 11.3 Å². The van der Waals surface area contributed by atoms with Gasteiger partial charge >= 0.3 is 0 Å².